The molecule has 0 spiro atoms. The molecule has 102 valence electrons. The van der Waals surface area contributed by atoms with Gasteiger partial charge in [0.05, 0.1) is 31.8 Å². The number of aromatic nitrogens is 2. The van der Waals surface area contributed by atoms with E-state index in [-0.39, 0.29) is 17.9 Å². The van der Waals surface area contributed by atoms with Gasteiger partial charge in [-0.3, -0.25) is 0 Å². The Morgan fingerprint density at radius 2 is 2.06 bits per heavy atom. The molecule has 3 unspecified atom stereocenters. The average Bonchev–Trinajstić information content (AvgIpc) is 2.78. The molecule has 1 aliphatic rings. The van der Waals surface area contributed by atoms with Crippen LogP contribution in [0.25, 0.3) is 0 Å². The van der Waals surface area contributed by atoms with Gasteiger partial charge in [0, 0.05) is 0 Å². The van der Waals surface area contributed by atoms with Gasteiger partial charge in [0.2, 0.25) is 11.7 Å². The lowest BCUT2D eigenvalue weighted by molar-refractivity contribution is -0.0941. The van der Waals surface area contributed by atoms with Gasteiger partial charge in [0.1, 0.15) is 6.10 Å². The first-order valence-electron chi connectivity index (χ1n) is 6.30. The van der Waals surface area contributed by atoms with Crippen LogP contribution >= 0.6 is 0 Å². The number of rotatable bonds is 4. The minimum absolute atomic E-state index is 0.157. The van der Waals surface area contributed by atoms with E-state index in [0.717, 1.165) is 0 Å². The second kappa shape index (κ2) is 5.77. The SMILES string of the molecule is CC(C)C(c1nc(C2COCCO2)no1)C(C)O. The van der Waals surface area contributed by atoms with Gasteiger partial charge in [-0.2, -0.15) is 4.98 Å². The highest BCUT2D eigenvalue weighted by Gasteiger charge is 2.29. The third-order valence-corrected chi connectivity index (χ3v) is 3.08. The maximum absolute atomic E-state index is 9.77. The van der Waals surface area contributed by atoms with Crippen molar-refractivity contribution in [2.75, 3.05) is 19.8 Å². The largest absolute Gasteiger partial charge is 0.393 e. The molecule has 1 aromatic heterocycles. The van der Waals surface area contributed by atoms with Crippen molar-refractivity contribution in [3.63, 3.8) is 0 Å². The van der Waals surface area contributed by atoms with E-state index < -0.39 is 6.10 Å². The zero-order valence-electron chi connectivity index (χ0n) is 11.0. The number of aliphatic hydroxyl groups excluding tert-OH is 1. The molecule has 1 aliphatic heterocycles. The second-order valence-electron chi connectivity index (χ2n) is 4.94. The summed E-state index contributed by atoms with van der Waals surface area (Å²) in [4.78, 5) is 4.33. The number of nitrogens with zero attached hydrogens (tertiary/aromatic N) is 2. The molecule has 2 heterocycles. The molecule has 18 heavy (non-hydrogen) atoms. The highest BCUT2D eigenvalue weighted by atomic mass is 16.6. The standard InChI is InChI=1S/C12H20N2O4/c1-7(2)10(8(3)15)12-13-11(14-18-12)9-6-16-4-5-17-9/h7-10,15H,4-6H2,1-3H3. The molecular weight excluding hydrogens is 236 g/mol. The van der Waals surface area contributed by atoms with Gasteiger partial charge in [0.25, 0.3) is 0 Å². The monoisotopic (exact) mass is 256 g/mol. The molecule has 1 N–H and O–H groups in total. The summed E-state index contributed by atoms with van der Waals surface area (Å²) in [6, 6.07) is 0. The van der Waals surface area contributed by atoms with Crippen LogP contribution in [0.4, 0.5) is 0 Å². The Balaban J connectivity index is 2.13. The van der Waals surface area contributed by atoms with Gasteiger partial charge in [-0.15, -0.1) is 0 Å². The number of hydrogen-bond donors (Lipinski definition) is 1. The molecule has 3 atom stereocenters. The topological polar surface area (TPSA) is 77.6 Å². The third kappa shape index (κ3) is 2.88. The summed E-state index contributed by atoms with van der Waals surface area (Å²) >= 11 is 0. The molecule has 0 amide bonds. The molecule has 1 saturated heterocycles. The summed E-state index contributed by atoms with van der Waals surface area (Å²) in [6.45, 7) is 7.35. The lowest BCUT2D eigenvalue weighted by Gasteiger charge is -2.20. The first-order chi connectivity index (χ1) is 8.59. The lowest BCUT2D eigenvalue weighted by atomic mass is 9.91. The van der Waals surface area contributed by atoms with Crippen molar-refractivity contribution < 1.29 is 19.1 Å². The van der Waals surface area contributed by atoms with Crippen LogP contribution in [0, 0.1) is 5.92 Å². The third-order valence-electron chi connectivity index (χ3n) is 3.08. The molecular formula is C12H20N2O4. The molecule has 1 fully saturated rings. The van der Waals surface area contributed by atoms with Gasteiger partial charge >= 0.3 is 0 Å². The minimum atomic E-state index is -0.526. The molecule has 0 aromatic carbocycles. The van der Waals surface area contributed by atoms with Crippen molar-refractivity contribution in [3.8, 4) is 0 Å². The van der Waals surface area contributed by atoms with Crippen LogP contribution < -0.4 is 0 Å². The van der Waals surface area contributed by atoms with Crippen LogP contribution in [0.5, 0.6) is 0 Å². The molecule has 1 aromatic rings. The molecule has 0 radical (unpaired) electrons. The van der Waals surface area contributed by atoms with Crippen molar-refractivity contribution in [1.29, 1.82) is 0 Å². The lowest BCUT2D eigenvalue weighted by Crippen LogP contribution is -2.23. The Kier molecular flexibility index (Phi) is 4.31. The van der Waals surface area contributed by atoms with E-state index in [1.807, 2.05) is 13.8 Å². The van der Waals surface area contributed by atoms with Crippen LogP contribution in [0.15, 0.2) is 4.52 Å². The molecule has 6 nitrogen and oxygen atoms in total. The van der Waals surface area contributed by atoms with Gasteiger partial charge in [-0.25, -0.2) is 0 Å². The number of aliphatic hydroxyl groups is 1. The summed E-state index contributed by atoms with van der Waals surface area (Å²) in [7, 11) is 0. The fraction of sp³-hybridized carbons (Fsp3) is 0.833. The van der Waals surface area contributed by atoms with Crippen LogP contribution in [-0.4, -0.2) is 41.2 Å². The normalized spacial score (nSPS) is 24.2. The van der Waals surface area contributed by atoms with Crippen molar-refractivity contribution >= 4 is 0 Å². The molecule has 0 saturated carbocycles. The van der Waals surface area contributed by atoms with Crippen molar-refractivity contribution in [2.24, 2.45) is 5.92 Å². The molecule has 2 rings (SSSR count). The first kappa shape index (κ1) is 13.5. The van der Waals surface area contributed by atoms with E-state index in [1.54, 1.807) is 6.92 Å². The van der Waals surface area contributed by atoms with Gasteiger partial charge in [-0.1, -0.05) is 19.0 Å². The minimum Gasteiger partial charge on any atom is -0.393 e. The van der Waals surface area contributed by atoms with E-state index in [1.165, 1.54) is 0 Å². The number of ether oxygens (including phenoxy) is 2. The second-order valence-corrected chi connectivity index (χ2v) is 4.94. The Hall–Kier alpha value is -0.980. The maximum Gasteiger partial charge on any atom is 0.232 e. The highest BCUT2D eigenvalue weighted by Crippen LogP contribution is 2.28. The van der Waals surface area contributed by atoms with Gasteiger partial charge < -0.3 is 19.1 Å². The molecule has 0 bridgehead atoms. The molecule has 0 aliphatic carbocycles. The fourth-order valence-electron chi connectivity index (χ4n) is 2.20. The van der Waals surface area contributed by atoms with Crippen molar-refractivity contribution in [3.05, 3.63) is 11.7 Å². The predicted molar refractivity (Wildman–Crippen MR) is 63.1 cm³/mol. The first-order valence-corrected chi connectivity index (χ1v) is 6.30. The summed E-state index contributed by atoms with van der Waals surface area (Å²) in [5.74, 6) is 1.03. The van der Waals surface area contributed by atoms with E-state index in [0.29, 0.717) is 31.5 Å². The highest BCUT2D eigenvalue weighted by molar-refractivity contribution is 5.00. The summed E-state index contributed by atoms with van der Waals surface area (Å²) in [6.07, 6.45) is -0.792. The van der Waals surface area contributed by atoms with Crippen molar-refractivity contribution in [2.45, 2.75) is 38.9 Å². The van der Waals surface area contributed by atoms with Crippen LogP contribution in [0.2, 0.25) is 0 Å². The van der Waals surface area contributed by atoms with Crippen LogP contribution in [0.3, 0.4) is 0 Å². The van der Waals surface area contributed by atoms with E-state index in [4.69, 9.17) is 14.0 Å². The van der Waals surface area contributed by atoms with E-state index >= 15 is 0 Å². The Labute approximate surface area is 106 Å². The number of hydrogen-bond acceptors (Lipinski definition) is 6. The van der Waals surface area contributed by atoms with Crippen LogP contribution in [-0.2, 0) is 9.47 Å². The summed E-state index contributed by atoms with van der Waals surface area (Å²) < 4.78 is 16.1. The van der Waals surface area contributed by atoms with Crippen molar-refractivity contribution in [1.82, 2.24) is 10.1 Å². The predicted octanol–water partition coefficient (Wildman–Crippen LogP) is 1.28. The maximum atomic E-state index is 9.77. The van der Waals surface area contributed by atoms with Crippen LogP contribution in [0.1, 0.15) is 44.5 Å². The smallest absolute Gasteiger partial charge is 0.232 e. The Bertz CT molecular complexity index is 364. The fourth-order valence-corrected chi connectivity index (χ4v) is 2.20. The van der Waals surface area contributed by atoms with E-state index in [2.05, 4.69) is 10.1 Å². The zero-order chi connectivity index (χ0) is 13.1. The van der Waals surface area contributed by atoms with Gasteiger partial charge in [0.15, 0.2) is 0 Å². The Morgan fingerprint density at radius 3 is 2.61 bits per heavy atom. The summed E-state index contributed by atoms with van der Waals surface area (Å²) in [5.41, 5.74) is 0. The van der Waals surface area contributed by atoms with E-state index in [9.17, 15) is 5.11 Å². The average molecular weight is 256 g/mol. The summed E-state index contributed by atoms with van der Waals surface area (Å²) in [5, 5.41) is 13.7. The Morgan fingerprint density at radius 1 is 1.28 bits per heavy atom. The zero-order valence-corrected chi connectivity index (χ0v) is 11.0. The quantitative estimate of drug-likeness (QED) is 0.874. The van der Waals surface area contributed by atoms with Gasteiger partial charge in [-0.05, 0) is 12.8 Å². The molecule has 6 heteroatoms.